The van der Waals surface area contributed by atoms with E-state index in [9.17, 15) is 4.79 Å². The molecule has 0 aliphatic carbocycles. The minimum absolute atomic E-state index is 0.0976. The molecular weight excluding hydrogens is 685 g/mol. The Balaban J connectivity index is 0.000000204. The number of allylic oxidation sites excluding steroid dienone is 3. The number of benzene rings is 6. The van der Waals surface area contributed by atoms with Gasteiger partial charge in [-0.25, -0.2) is 0 Å². The van der Waals surface area contributed by atoms with Gasteiger partial charge in [0.1, 0.15) is 0 Å². The predicted octanol–water partition coefficient (Wildman–Crippen LogP) is 11.9. The first-order valence-corrected chi connectivity index (χ1v) is 20.1. The van der Waals surface area contributed by atoms with Crippen LogP contribution in [-0.4, -0.2) is 29.0 Å². The van der Waals surface area contributed by atoms with Gasteiger partial charge in [-0.05, 0) is 70.7 Å². The molecule has 0 spiro atoms. The van der Waals surface area contributed by atoms with E-state index >= 15 is 0 Å². The van der Waals surface area contributed by atoms with Crippen molar-refractivity contribution in [2.45, 2.75) is 29.3 Å². The highest BCUT2D eigenvalue weighted by Crippen LogP contribution is 2.49. The van der Waals surface area contributed by atoms with Crippen LogP contribution in [0.2, 0.25) is 0 Å². The fraction of sp³-hybridized carbons (Fsp3) is 0.163. The highest BCUT2D eigenvalue weighted by molar-refractivity contribution is 8.00. The van der Waals surface area contributed by atoms with Gasteiger partial charge in [-0.15, -0.1) is 23.5 Å². The summed E-state index contributed by atoms with van der Waals surface area (Å²) in [7, 11) is 0. The predicted molar refractivity (Wildman–Crippen MR) is 229 cm³/mol. The normalized spacial score (nSPS) is 11.7. The average molecular weight is 733 g/mol. The van der Waals surface area contributed by atoms with Crippen molar-refractivity contribution < 1.29 is 9.90 Å². The number of ketones is 1. The van der Waals surface area contributed by atoms with Crippen molar-refractivity contribution in [3.63, 3.8) is 0 Å². The van der Waals surface area contributed by atoms with Gasteiger partial charge in [0.25, 0.3) is 0 Å². The minimum atomic E-state index is -0.284. The molecule has 53 heavy (non-hydrogen) atoms. The van der Waals surface area contributed by atoms with Gasteiger partial charge in [-0.1, -0.05) is 200 Å². The van der Waals surface area contributed by atoms with Crippen LogP contribution >= 0.6 is 23.5 Å². The van der Waals surface area contributed by atoms with Crippen LogP contribution in [0.5, 0.6) is 0 Å². The minimum Gasteiger partial charge on any atom is -0.392 e. The third-order valence-corrected chi connectivity index (χ3v) is 12.1. The molecule has 268 valence electrons. The maximum absolute atomic E-state index is 11.2. The van der Waals surface area contributed by atoms with E-state index in [-0.39, 0.29) is 21.9 Å². The number of thioether (sulfide) groups is 2. The summed E-state index contributed by atoms with van der Waals surface area (Å²) in [6, 6.07) is 64.2. The molecule has 1 N–H and O–H groups in total. The van der Waals surface area contributed by atoms with Crippen LogP contribution in [0.1, 0.15) is 53.1 Å². The maximum Gasteiger partial charge on any atom is 0.152 e. The van der Waals surface area contributed by atoms with Crippen LogP contribution in [-0.2, 0) is 14.3 Å². The molecule has 0 saturated heterocycles. The van der Waals surface area contributed by atoms with Gasteiger partial charge in [0.05, 0.1) is 16.1 Å². The smallest absolute Gasteiger partial charge is 0.152 e. The Morgan fingerprint density at radius 2 is 0.717 bits per heavy atom. The summed E-state index contributed by atoms with van der Waals surface area (Å²) >= 11 is 3.86. The molecule has 0 fully saturated rings. The van der Waals surface area contributed by atoms with Crippen molar-refractivity contribution >= 4 is 29.3 Å². The Bertz CT molecular complexity index is 1770. The fourth-order valence-corrected chi connectivity index (χ4v) is 9.48. The summed E-state index contributed by atoms with van der Waals surface area (Å²) in [6.07, 6.45) is 9.30. The monoisotopic (exact) mass is 732 g/mol. The van der Waals surface area contributed by atoms with Gasteiger partial charge in [0.15, 0.2) is 5.78 Å². The van der Waals surface area contributed by atoms with E-state index in [1.807, 2.05) is 35.7 Å². The fourth-order valence-electron chi connectivity index (χ4n) is 6.54. The summed E-state index contributed by atoms with van der Waals surface area (Å²) in [5.74, 6) is 1.98. The first kappa shape index (κ1) is 39.3. The van der Waals surface area contributed by atoms with E-state index in [1.54, 1.807) is 13.0 Å². The summed E-state index contributed by atoms with van der Waals surface area (Å²) in [6.45, 7) is 1.69. The van der Waals surface area contributed by atoms with Crippen molar-refractivity contribution in [2.24, 2.45) is 0 Å². The second kappa shape index (κ2) is 21.0. The first-order chi connectivity index (χ1) is 26.1. The van der Waals surface area contributed by atoms with Crippen molar-refractivity contribution in [1.29, 1.82) is 0 Å². The summed E-state index contributed by atoms with van der Waals surface area (Å²) in [5, 5.41) is 8.97. The zero-order valence-corrected chi connectivity index (χ0v) is 32.0. The molecule has 4 heteroatoms. The van der Waals surface area contributed by atoms with Gasteiger partial charge in [0.2, 0.25) is 0 Å². The summed E-state index contributed by atoms with van der Waals surface area (Å²) in [4.78, 5) is 11.2. The first-order valence-electron chi connectivity index (χ1n) is 18.2. The number of carbonyl (C=O) groups is 1. The van der Waals surface area contributed by atoms with Crippen LogP contribution in [0, 0.1) is 0 Å². The van der Waals surface area contributed by atoms with Crippen LogP contribution in [0.4, 0.5) is 0 Å². The van der Waals surface area contributed by atoms with Crippen molar-refractivity contribution in [3.05, 3.63) is 240 Å². The van der Waals surface area contributed by atoms with E-state index in [2.05, 4.69) is 188 Å². The number of aliphatic hydroxyl groups is 1. The van der Waals surface area contributed by atoms with Crippen LogP contribution < -0.4 is 0 Å². The largest absolute Gasteiger partial charge is 0.392 e. The lowest BCUT2D eigenvalue weighted by molar-refractivity contribution is -0.112. The van der Waals surface area contributed by atoms with E-state index in [1.165, 1.54) is 33.4 Å². The highest BCUT2D eigenvalue weighted by Gasteiger charge is 2.37. The van der Waals surface area contributed by atoms with E-state index < -0.39 is 0 Å². The van der Waals surface area contributed by atoms with Crippen LogP contribution in [0.25, 0.3) is 0 Å². The average Bonchev–Trinajstić information content (AvgIpc) is 3.23. The topological polar surface area (TPSA) is 37.3 Å². The molecule has 0 aromatic heterocycles. The highest BCUT2D eigenvalue weighted by atomic mass is 32.2. The lowest BCUT2D eigenvalue weighted by Gasteiger charge is -2.35. The molecule has 2 nitrogen and oxygen atoms in total. The van der Waals surface area contributed by atoms with Gasteiger partial charge in [-0.3, -0.25) is 4.79 Å². The SMILES string of the molecule is CC(=O)/C=C/CCSC(c1ccccc1)(c1ccccc1)c1ccccc1.OC/C=C/CCSC(c1ccccc1)(c1ccccc1)c1ccccc1. The number of hydrogen-bond acceptors (Lipinski definition) is 4. The van der Waals surface area contributed by atoms with Gasteiger partial charge >= 0.3 is 0 Å². The Labute approximate surface area is 324 Å². The van der Waals surface area contributed by atoms with Crippen LogP contribution in [0.15, 0.2) is 206 Å². The molecule has 6 aromatic rings. The van der Waals surface area contributed by atoms with E-state index in [0.717, 1.165) is 24.3 Å². The maximum atomic E-state index is 11.2. The second-order valence-electron chi connectivity index (χ2n) is 12.5. The van der Waals surface area contributed by atoms with Crippen molar-refractivity contribution in [1.82, 2.24) is 0 Å². The molecule has 0 aliphatic heterocycles. The third kappa shape index (κ3) is 10.4. The quantitative estimate of drug-likeness (QED) is 0.0465. The molecule has 0 unspecified atom stereocenters. The molecule has 0 atom stereocenters. The van der Waals surface area contributed by atoms with Crippen molar-refractivity contribution in [2.75, 3.05) is 18.1 Å². The number of aliphatic hydroxyl groups excluding tert-OH is 1. The molecule has 0 bridgehead atoms. The molecule has 6 aromatic carbocycles. The molecule has 0 radical (unpaired) electrons. The zero-order valence-electron chi connectivity index (χ0n) is 30.3. The third-order valence-electron chi connectivity index (χ3n) is 8.91. The van der Waals surface area contributed by atoms with Gasteiger partial charge in [-0.2, -0.15) is 0 Å². The second-order valence-corrected chi connectivity index (χ2v) is 15.1. The Hall–Kier alpha value is -4.87. The molecule has 0 amide bonds. The molecular formula is C49H48O2S2. The number of carbonyl (C=O) groups excluding carboxylic acids is 1. The van der Waals surface area contributed by atoms with Crippen molar-refractivity contribution in [3.8, 4) is 0 Å². The number of rotatable bonds is 16. The van der Waals surface area contributed by atoms with Crippen LogP contribution in [0.3, 0.4) is 0 Å². The lowest BCUT2D eigenvalue weighted by atomic mass is 9.84. The summed E-state index contributed by atoms with van der Waals surface area (Å²) in [5.41, 5.74) is 7.66. The molecule has 0 aliphatic rings. The van der Waals surface area contributed by atoms with E-state index in [4.69, 9.17) is 5.11 Å². The van der Waals surface area contributed by atoms with Gasteiger partial charge in [0, 0.05) is 0 Å². The molecule has 0 heterocycles. The summed E-state index contributed by atoms with van der Waals surface area (Å²) < 4.78 is -0.537. The molecule has 0 saturated carbocycles. The lowest BCUT2D eigenvalue weighted by Crippen LogP contribution is -2.26. The standard InChI is InChI=1S/C25H24OS.C24H24OS/c1-21(26)13-11-12-20-27-25(22-14-5-2-6-15-22,23-16-7-3-8-17-23)24-18-9-4-10-19-24;25-19-11-4-12-20-26-24(21-13-5-1-6-14-21,22-15-7-2-8-16-22)23-17-9-3-10-18-23/h2-11,13-19H,12,20H2,1H3;1-11,13-18,25H,12,19-20H2/b13-11+;11-4+. The molecule has 6 rings (SSSR count). The Morgan fingerprint density at radius 1 is 0.453 bits per heavy atom. The van der Waals surface area contributed by atoms with E-state index in [0.29, 0.717) is 0 Å². The number of hydrogen-bond donors (Lipinski definition) is 1. The zero-order chi connectivity index (χ0) is 37.0. The Morgan fingerprint density at radius 3 is 0.962 bits per heavy atom. The Kier molecular flexibility index (Phi) is 15.6. The van der Waals surface area contributed by atoms with Gasteiger partial charge < -0.3 is 5.11 Å².